The molecular formula is C15H26F3N3O3S. The summed E-state index contributed by atoms with van der Waals surface area (Å²) in [5.74, 6) is -0.178. The van der Waals surface area contributed by atoms with Crippen LogP contribution in [0, 0.1) is 5.92 Å². The first-order valence-electron chi connectivity index (χ1n) is 8.55. The van der Waals surface area contributed by atoms with Crippen molar-refractivity contribution in [3.8, 4) is 0 Å². The molecule has 1 aliphatic carbocycles. The van der Waals surface area contributed by atoms with Gasteiger partial charge >= 0.3 is 12.2 Å². The highest BCUT2D eigenvalue weighted by Crippen LogP contribution is 2.41. The Kier molecular flexibility index (Phi) is 5.92. The second-order valence-electron chi connectivity index (χ2n) is 7.23. The van der Waals surface area contributed by atoms with Gasteiger partial charge in [0.2, 0.25) is 10.0 Å². The van der Waals surface area contributed by atoms with Gasteiger partial charge in [0.15, 0.2) is 0 Å². The molecule has 2 N–H and O–H groups in total. The number of nitrogens with one attached hydrogen (secondary N) is 2. The van der Waals surface area contributed by atoms with Gasteiger partial charge in [0, 0.05) is 19.1 Å². The van der Waals surface area contributed by atoms with Crippen molar-refractivity contribution >= 4 is 16.1 Å². The summed E-state index contributed by atoms with van der Waals surface area (Å²) in [6.07, 6.45) is -1.60. The molecule has 2 amide bonds. The predicted molar refractivity (Wildman–Crippen MR) is 87.5 cm³/mol. The van der Waals surface area contributed by atoms with Gasteiger partial charge in [-0.1, -0.05) is 26.2 Å². The number of sulfonamides is 1. The van der Waals surface area contributed by atoms with Gasteiger partial charge < -0.3 is 10.6 Å². The van der Waals surface area contributed by atoms with Crippen molar-refractivity contribution in [3.63, 3.8) is 0 Å². The SMILES string of the molecule is CC1CN(S(C)(=O)=O)CCC1NC(=O)NC1(C(F)(F)F)CCCCC1. The van der Waals surface area contributed by atoms with Crippen LogP contribution in [-0.4, -0.2) is 55.9 Å². The van der Waals surface area contributed by atoms with E-state index in [9.17, 15) is 26.4 Å². The first kappa shape index (κ1) is 20.3. The van der Waals surface area contributed by atoms with Crippen molar-refractivity contribution in [1.82, 2.24) is 14.9 Å². The Labute approximate surface area is 146 Å². The number of piperidine rings is 1. The number of alkyl halides is 3. The minimum absolute atomic E-state index is 0.105. The maximum atomic E-state index is 13.5. The highest BCUT2D eigenvalue weighted by atomic mass is 32.2. The zero-order valence-electron chi connectivity index (χ0n) is 14.5. The fraction of sp³-hybridized carbons (Fsp3) is 0.933. The lowest BCUT2D eigenvalue weighted by molar-refractivity contribution is -0.201. The molecule has 1 saturated carbocycles. The van der Waals surface area contributed by atoms with Gasteiger partial charge in [-0.15, -0.1) is 0 Å². The summed E-state index contributed by atoms with van der Waals surface area (Å²) in [6, 6.07) is -1.18. The molecule has 25 heavy (non-hydrogen) atoms. The molecule has 10 heteroatoms. The summed E-state index contributed by atoms with van der Waals surface area (Å²) >= 11 is 0. The smallest absolute Gasteiger partial charge is 0.335 e. The molecule has 1 heterocycles. The number of rotatable bonds is 3. The van der Waals surface area contributed by atoms with E-state index in [0.717, 1.165) is 12.7 Å². The fourth-order valence-corrected chi connectivity index (χ4v) is 4.62. The number of hydrogen-bond donors (Lipinski definition) is 2. The number of carbonyl (C=O) groups excluding carboxylic acids is 1. The highest BCUT2D eigenvalue weighted by Gasteiger charge is 2.55. The van der Waals surface area contributed by atoms with Crippen LogP contribution < -0.4 is 10.6 Å². The number of halogens is 3. The lowest BCUT2D eigenvalue weighted by atomic mass is 9.81. The molecule has 0 spiro atoms. The summed E-state index contributed by atoms with van der Waals surface area (Å²) in [4.78, 5) is 12.2. The van der Waals surface area contributed by atoms with Crippen LogP contribution in [0.4, 0.5) is 18.0 Å². The molecule has 0 aromatic carbocycles. The van der Waals surface area contributed by atoms with Crippen LogP contribution in [0.15, 0.2) is 0 Å². The third-order valence-corrected chi connectivity index (χ3v) is 6.53. The van der Waals surface area contributed by atoms with Gasteiger partial charge in [0.25, 0.3) is 0 Å². The molecule has 0 radical (unpaired) electrons. The molecule has 6 nitrogen and oxygen atoms in total. The normalized spacial score (nSPS) is 28.4. The van der Waals surface area contributed by atoms with Crippen LogP contribution in [0.5, 0.6) is 0 Å². The minimum atomic E-state index is -4.49. The average molecular weight is 385 g/mol. The third-order valence-electron chi connectivity index (χ3n) is 5.26. The molecule has 1 saturated heterocycles. The van der Waals surface area contributed by atoms with Gasteiger partial charge in [0.1, 0.15) is 5.54 Å². The van der Waals surface area contributed by atoms with Crippen molar-refractivity contribution < 1.29 is 26.4 Å². The molecule has 146 valence electrons. The summed E-state index contributed by atoms with van der Waals surface area (Å²) in [5.41, 5.74) is -2.16. The molecule has 2 aliphatic rings. The number of urea groups is 1. The summed E-state index contributed by atoms with van der Waals surface area (Å²) in [5, 5.41) is 4.79. The second-order valence-corrected chi connectivity index (χ2v) is 9.21. The largest absolute Gasteiger partial charge is 0.411 e. The van der Waals surface area contributed by atoms with E-state index < -0.39 is 27.8 Å². The maximum Gasteiger partial charge on any atom is 0.411 e. The molecule has 2 unspecified atom stereocenters. The Morgan fingerprint density at radius 1 is 1.20 bits per heavy atom. The van der Waals surface area contributed by atoms with E-state index >= 15 is 0 Å². The van der Waals surface area contributed by atoms with Crippen LogP contribution >= 0.6 is 0 Å². The van der Waals surface area contributed by atoms with Crippen molar-refractivity contribution in [2.24, 2.45) is 5.92 Å². The fourth-order valence-electron chi connectivity index (χ4n) is 3.68. The lowest BCUT2D eigenvalue weighted by Crippen LogP contribution is -2.63. The average Bonchev–Trinajstić information content (AvgIpc) is 2.48. The minimum Gasteiger partial charge on any atom is -0.335 e. The van der Waals surface area contributed by atoms with E-state index in [1.165, 1.54) is 4.31 Å². The molecule has 0 aromatic rings. The van der Waals surface area contributed by atoms with Crippen LogP contribution in [0.25, 0.3) is 0 Å². The van der Waals surface area contributed by atoms with Crippen LogP contribution in [0.3, 0.4) is 0 Å². The molecule has 0 bridgehead atoms. The number of hydrogen-bond acceptors (Lipinski definition) is 3. The Balaban J connectivity index is 1.97. The summed E-state index contributed by atoms with van der Waals surface area (Å²) in [6.45, 7) is 2.27. The van der Waals surface area contributed by atoms with E-state index in [0.29, 0.717) is 19.3 Å². The third kappa shape index (κ3) is 4.78. The van der Waals surface area contributed by atoms with Crippen molar-refractivity contribution in [2.75, 3.05) is 19.3 Å². The van der Waals surface area contributed by atoms with Crippen molar-refractivity contribution in [3.05, 3.63) is 0 Å². The number of amides is 2. The van der Waals surface area contributed by atoms with Gasteiger partial charge in [-0.3, -0.25) is 0 Å². The summed E-state index contributed by atoms with van der Waals surface area (Å²) in [7, 11) is -3.31. The highest BCUT2D eigenvalue weighted by molar-refractivity contribution is 7.88. The molecular weight excluding hydrogens is 359 g/mol. The molecule has 2 atom stereocenters. The Morgan fingerprint density at radius 2 is 1.80 bits per heavy atom. The molecule has 0 aromatic heterocycles. The van der Waals surface area contributed by atoms with Crippen LogP contribution in [0.1, 0.15) is 45.4 Å². The molecule has 2 fully saturated rings. The lowest BCUT2D eigenvalue weighted by Gasteiger charge is -2.41. The quantitative estimate of drug-likeness (QED) is 0.782. The van der Waals surface area contributed by atoms with E-state index in [2.05, 4.69) is 10.6 Å². The Morgan fingerprint density at radius 3 is 2.28 bits per heavy atom. The molecule has 2 rings (SSSR count). The predicted octanol–water partition coefficient (Wildman–Crippen LogP) is 2.22. The van der Waals surface area contributed by atoms with E-state index in [-0.39, 0.29) is 37.9 Å². The number of carbonyl (C=O) groups is 1. The van der Waals surface area contributed by atoms with Gasteiger partial charge in [-0.2, -0.15) is 13.2 Å². The standard InChI is InChI=1S/C15H26F3N3O3S/c1-11-10-21(25(2,23)24)9-6-12(11)19-13(22)20-14(15(16,17)18)7-4-3-5-8-14/h11-12H,3-10H2,1-2H3,(H2,19,20,22). The van der Waals surface area contributed by atoms with Crippen LogP contribution in [-0.2, 0) is 10.0 Å². The second kappa shape index (κ2) is 7.30. The van der Waals surface area contributed by atoms with E-state index in [1.54, 1.807) is 6.92 Å². The first-order chi connectivity index (χ1) is 11.4. The van der Waals surface area contributed by atoms with Gasteiger partial charge in [0.05, 0.1) is 6.26 Å². The van der Waals surface area contributed by atoms with Crippen molar-refractivity contribution in [2.45, 2.75) is 63.2 Å². The maximum absolute atomic E-state index is 13.5. The first-order valence-corrected chi connectivity index (χ1v) is 10.4. The van der Waals surface area contributed by atoms with Crippen LogP contribution in [0.2, 0.25) is 0 Å². The number of nitrogens with zero attached hydrogens (tertiary/aromatic N) is 1. The van der Waals surface area contributed by atoms with Gasteiger partial charge in [-0.05, 0) is 25.2 Å². The Hall–Kier alpha value is -1.03. The van der Waals surface area contributed by atoms with E-state index in [4.69, 9.17) is 0 Å². The topological polar surface area (TPSA) is 78.5 Å². The molecule has 1 aliphatic heterocycles. The monoisotopic (exact) mass is 385 g/mol. The van der Waals surface area contributed by atoms with E-state index in [1.807, 2.05) is 0 Å². The zero-order valence-corrected chi connectivity index (χ0v) is 15.3. The van der Waals surface area contributed by atoms with Crippen molar-refractivity contribution in [1.29, 1.82) is 0 Å². The summed E-state index contributed by atoms with van der Waals surface area (Å²) < 4.78 is 64.9. The zero-order chi connectivity index (χ0) is 18.9. The Bertz CT molecular complexity index is 589. The van der Waals surface area contributed by atoms with Gasteiger partial charge in [-0.25, -0.2) is 17.5 Å².